The van der Waals surface area contributed by atoms with Crippen LogP contribution in [-0.4, -0.2) is 34.7 Å². The van der Waals surface area contributed by atoms with Crippen molar-refractivity contribution in [3.8, 4) is 5.75 Å². The fourth-order valence-corrected chi connectivity index (χ4v) is 4.66. The van der Waals surface area contributed by atoms with E-state index in [0.717, 1.165) is 5.56 Å². The number of thioether (sulfide) groups is 1. The van der Waals surface area contributed by atoms with Gasteiger partial charge in [0.15, 0.2) is 0 Å². The van der Waals surface area contributed by atoms with Crippen molar-refractivity contribution < 1.29 is 14.3 Å². The molecular weight excluding hydrogens is 463 g/mol. The number of nitrogens with one attached hydrogen (secondary N) is 1. The molecule has 0 unspecified atom stereocenters. The number of anilines is 1. The Balaban J connectivity index is 1.55. The molecule has 0 aromatic heterocycles. The second kappa shape index (κ2) is 10.3. The van der Waals surface area contributed by atoms with Crippen LogP contribution >= 0.6 is 47.2 Å². The number of nitrogens with zero attached hydrogens (tertiary/aromatic N) is 1. The number of thiocarbonyl (C=S) groups is 1. The summed E-state index contributed by atoms with van der Waals surface area (Å²) in [6, 6.07) is 12.3. The first-order chi connectivity index (χ1) is 14.4. The van der Waals surface area contributed by atoms with Gasteiger partial charge in [-0.3, -0.25) is 14.5 Å². The highest BCUT2D eigenvalue weighted by Gasteiger charge is 2.31. The van der Waals surface area contributed by atoms with Crippen LogP contribution in [0.15, 0.2) is 47.4 Å². The molecule has 1 N–H and O–H groups in total. The van der Waals surface area contributed by atoms with E-state index in [2.05, 4.69) is 5.32 Å². The zero-order valence-electron chi connectivity index (χ0n) is 16.0. The van der Waals surface area contributed by atoms with Crippen molar-refractivity contribution in [2.45, 2.75) is 12.8 Å². The number of rotatable bonds is 7. The Hall–Kier alpha value is -2.06. The topological polar surface area (TPSA) is 58.6 Å². The minimum Gasteiger partial charge on any atom is -0.497 e. The van der Waals surface area contributed by atoms with Crippen LogP contribution in [0.2, 0.25) is 10.0 Å². The Morgan fingerprint density at radius 3 is 2.67 bits per heavy atom. The number of halogens is 2. The molecule has 1 aliphatic heterocycles. The van der Waals surface area contributed by atoms with Crippen LogP contribution in [0.4, 0.5) is 5.69 Å². The second-order valence-corrected chi connectivity index (χ2v) is 8.97. The second-order valence-electron chi connectivity index (χ2n) is 6.42. The zero-order chi connectivity index (χ0) is 21.7. The summed E-state index contributed by atoms with van der Waals surface area (Å²) in [6.45, 7) is 0.365. The predicted molar refractivity (Wildman–Crippen MR) is 127 cm³/mol. The van der Waals surface area contributed by atoms with Gasteiger partial charge in [0.2, 0.25) is 5.91 Å². The van der Waals surface area contributed by atoms with Crippen molar-refractivity contribution in [3.05, 3.63) is 63.0 Å². The molecule has 0 atom stereocenters. The van der Waals surface area contributed by atoms with Crippen molar-refractivity contribution >= 4 is 75.1 Å². The number of carbonyl (C=O) groups is 2. The summed E-state index contributed by atoms with van der Waals surface area (Å²) in [4.78, 5) is 27.0. The number of hydrogen-bond acceptors (Lipinski definition) is 5. The number of benzene rings is 2. The lowest BCUT2D eigenvalue weighted by molar-refractivity contribution is -0.122. The van der Waals surface area contributed by atoms with E-state index >= 15 is 0 Å². The lowest BCUT2D eigenvalue weighted by Crippen LogP contribution is -2.29. The van der Waals surface area contributed by atoms with Crippen LogP contribution in [-0.2, 0) is 9.59 Å². The number of ether oxygens (including phenoxy) is 1. The standard InChI is InChI=1S/C21H18Cl2N2O3S2/c1-28-17-5-2-4-13(8-17)9-18-20(27)25(21(29)30-18)7-3-6-19(26)24-16-11-14(22)10-15(23)12-16/h2,4-5,8-12H,3,6-7H2,1H3,(H,24,26)/b18-9+. The fraction of sp³-hybridized carbons (Fsp3) is 0.190. The Kier molecular flexibility index (Phi) is 7.77. The third-order valence-electron chi connectivity index (χ3n) is 4.20. The maximum Gasteiger partial charge on any atom is 0.266 e. The molecule has 9 heteroatoms. The molecule has 2 amide bonds. The maximum atomic E-state index is 12.7. The maximum absolute atomic E-state index is 12.7. The summed E-state index contributed by atoms with van der Waals surface area (Å²) in [6.07, 6.45) is 2.49. The molecule has 30 heavy (non-hydrogen) atoms. The van der Waals surface area contributed by atoms with Crippen molar-refractivity contribution in [1.29, 1.82) is 0 Å². The van der Waals surface area contributed by atoms with Gasteiger partial charge in [0.1, 0.15) is 10.1 Å². The van der Waals surface area contributed by atoms with Gasteiger partial charge in [0, 0.05) is 28.7 Å². The van der Waals surface area contributed by atoms with E-state index in [1.807, 2.05) is 24.3 Å². The van der Waals surface area contributed by atoms with Gasteiger partial charge in [0.25, 0.3) is 5.91 Å². The van der Waals surface area contributed by atoms with E-state index in [-0.39, 0.29) is 18.2 Å². The summed E-state index contributed by atoms with van der Waals surface area (Å²) in [5.41, 5.74) is 1.39. The summed E-state index contributed by atoms with van der Waals surface area (Å²) >= 11 is 18.5. The van der Waals surface area contributed by atoms with Gasteiger partial charge in [-0.15, -0.1) is 0 Å². The van der Waals surface area contributed by atoms with Crippen molar-refractivity contribution in [3.63, 3.8) is 0 Å². The molecule has 5 nitrogen and oxygen atoms in total. The summed E-state index contributed by atoms with van der Waals surface area (Å²) in [5.74, 6) is 0.367. The lowest BCUT2D eigenvalue weighted by Gasteiger charge is -2.14. The molecule has 2 aromatic rings. The van der Waals surface area contributed by atoms with E-state index in [4.69, 9.17) is 40.2 Å². The SMILES string of the molecule is COc1cccc(/C=C2/SC(=S)N(CCCC(=O)Nc3cc(Cl)cc(Cl)c3)C2=O)c1. The molecule has 1 saturated heterocycles. The molecular formula is C21H18Cl2N2O3S2. The van der Waals surface area contributed by atoms with Gasteiger partial charge in [-0.2, -0.15) is 0 Å². The van der Waals surface area contributed by atoms with E-state index in [1.54, 1.807) is 31.4 Å². The fourth-order valence-electron chi connectivity index (χ4n) is 2.82. The number of carbonyl (C=O) groups excluding carboxylic acids is 2. The van der Waals surface area contributed by atoms with Gasteiger partial charge in [-0.1, -0.05) is 59.3 Å². The first-order valence-electron chi connectivity index (χ1n) is 9.01. The molecule has 0 saturated carbocycles. The third-order valence-corrected chi connectivity index (χ3v) is 6.01. The highest BCUT2D eigenvalue weighted by atomic mass is 35.5. The van der Waals surface area contributed by atoms with Gasteiger partial charge in [-0.05, 0) is 48.4 Å². The molecule has 1 heterocycles. The zero-order valence-corrected chi connectivity index (χ0v) is 19.1. The van der Waals surface area contributed by atoms with E-state index < -0.39 is 0 Å². The average Bonchev–Trinajstić information content (AvgIpc) is 2.94. The molecule has 156 valence electrons. The summed E-state index contributed by atoms with van der Waals surface area (Å²) < 4.78 is 5.69. The van der Waals surface area contributed by atoms with E-state index in [1.165, 1.54) is 16.7 Å². The van der Waals surface area contributed by atoms with Gasteiger partial charge in [0.05, 0.1) is 12.0 Å². The predicted octanol–water partition coefficient (Wildman–Crippen LogP) is 5.62. The van der Waals surface area contributed by atoms with Crippen LogP contribution in [0.1, 0.15) is 18.4 Å². The quantitative estimate of drug-likeness (QED) is 0.411. The van der Waals surface area contributed by atoms with Gasteiger partial charge < -0.3 is 10.1 Å². The first-order valence-corrected chi connectivity index (χ1v) is 11.0. The van der Waals surface area contributed by atoms with Crippen LogP contribution < -0.4 is 10.1 Å². The molecule has 0 radical (unpaired) electrons. The van der Waals surface area contributed by atoms with Crippen molar-refractivity contribution in [2.24, 2.45) is 0 Å². The highest BCUT2D eigenvalue weighted by molar-refractivity contribution is 8.26. The molecule has 0 bridgehead atoms. The molecule has 2 aromatic carbocycles. The Morgan fingerprint density at radius 1 is 1.23 bits per heavy atom. The first kappa shape index (κ1) is 22.6. The van der Waals surface area contributed by atoms with Crippen LogP contribution in [0, 0.1) is 0 Å². The number of hydrogen-bond donors (Lipinski definition) is 1. The Labute approximate surface area is 194 Å². The van der Waals surface area contributed by atoms with E-state index in [9.17, 15) is 9.59 Å². The monoisotopic (exact) mass is 480 g/mol. The lowest BCUT2D eigenvalue weighted by atomic mass is 10.2. The van der Waals surface area contributed by atoms with Gasteiger partial charge >= 0.3 is 0 Å². The normalized spacial score (nSPS) is 15.0. The third kappa shape index (κ3) is 5.98. The minimum atomic E-state index is -0.189. The molecule has 0 aliphatic carbocycles. The van der Waals surface area contributed by atoms with Gasteiger partial charge in [-0.25, -0.2) is 0 Å². The van der Waals surface area contributed by atoms with E-state index in [0.29, 0.717) is 43.7 Å². The average molecular weight is 481 g/mol. The smallest absolute Gasteiger partial charge is 0.266 e. The number of methoxy groups -OCH3 is 1. The minimum absolute atomic E-state index is 0.158. The van der Waals surface area contributed by atoms with Crippen molar-refractivity contribution in [2.75, 3.05) is 19.0 Å². The van der Waals surface area contributed by atoms with Crippen LogP contribution in [0.25, 0.3) is 6.08 Å². The van der Waals surface area contributed by atoms with Crippen LogP contribution in [0.3, 0.4) is 0 Å². The molecule has 0 spiro atoms. The summed E-state index contributed by atoms with van der Waals surface area (Å²) in [7, 11) is 1.59. The Morgan fingerprint density at radius 2 is 1.97 bits per heavy atom. The highest BCUT2D eigenvalue weighted by Crippen LogP contribution is 2.33. The Bertz CT molecular complexity index is 1010. The molecule has 3 rings (SSSR count). The summed E-state index contributed by atoms with van der Waals surface area (Å²) in [5, 5.41) is 3.64. The van der Waals surface area contributed by atoms with Crippen molar-refractivity contribution in [1.82, 2.24) is 4.90 Å². The molecule has 1 fully saturated rings. The van der Waals surface area contributed by atoms with Crippen LogP contribution in [0.5, 0.6) is 5.75 Å². The largest absolute Gasteiger partial charge is 0.497 e. The molecule has 1 aliphatic rings. The number of amides is 2.